The second-order valence-corrected chi connectivity index (χ2v) is 3.68. The van der Waals surface area contributed by atoms with E-state index in [4.69, 9.17) is 0 Å². The molecule has 3 nitrogen and oxygen atoms in total. The molecule has 0 aliphatic rings. The molecule has 0 aromatic rings. The molecule has 1 unspecified atom stereocenters. The average molecular weight is 185 g/mol. The molecule has 0 aliphatic heterocycles. The molecule has 0 spiro atoms. The summed E-state index contributed by atoms with van der Waals surface area (Å²) in [6.45, 7) is 5.50. The van der Waals surface area contributed by atoms with Gasteiger partial charge in [0.15, 0.2) is 0 Å². The van der Waals surface area contributed by atoms with E-state index in [1.54, 1.807) is 7.05 Å². The van der Waals surface area contributed by atoms with Gasteiger partial charge in [-0.1, -0.05) is 13.8 Å². The van der Waals surface area contributed by atoms with E-state index >= 15 is 0 Å². The third-order valence-corrected chi connectivity index (χ3v) is 2.05. The van der Waals surface area contributed by atoms with E-state index in [2.05, 4.69) is 5.32 Å². The Bertz CT molecular complexity index is 187. The standard InChI is InChI=1S/C10H19NO2/c1-7(2)10(11-4)9(13)6-5-8(3)12/h7,10-11H,5-6H2,1-4H3. The predicted molar refractivity (Wildman–Crippen MR) is 52.6 cm³/mol. The van der Waals surface area contributed by atoms with Crippen LogP contribution in [-0.2, 0) is 9.59 Å². The Morgan fingerprint density at radius 2 is 1.77 bits per heavy atom. The van der Waals surface area contributed by atoms with Gasteiger partial charge in [-0.3, -0.25) is 4.79 Å². The monoisotopic (exact) mass is 185 g/mol. The summed E-state index contributed by atoms with van der Waals surface area (Å²) in [5, 5.41) is 2.96. The van der Waals surface area contributed by atoms with Gasteiger partial charge in [-0.05, 0) is 19.9 Å². The maximum absolute atomic E-state index is 11.5. The average Bonchev–Trinajstić information content (AvgIpc) is 2.01. The first kappa shape index (κ1) is 12.3. The van der Waals surface area contributed by atoms with Gasteiger partial charge >= 0.3 is 0 Å². The fraction of sp³-hybridized carbons (Fsp3) is 0.800. The highest BCUT2D eigenvalue weighted by Crippen LogP contribution is 2.06. The summed E-state index contributed by atoms with van der Waals surface area (Å²) in [5.74, 6) is 0.490. The summed E-state index contributed by atoms with van der Waals surface area (Å²) in [4.78, 5) is 22.2. The van der Waals surface area contributed by atoms with Crippen LogP contribution < -0.4 is 5.32 Å². The van der Waals surface area contributed by atoms with Crippen LogP contribution in [0.15, 0.2) is 0 Å². The van der Waals surface area contributed by atoms with E-state index in [9.17, 15) is 9.59 Å². The second kappa shape index (κ2) is 5.86. The SMILES string of the molecule is CNC(C(=O)CCC(C)=O)C(C)C. The fourth-order valence-corrected chi connectivity index (χ4v) is 1.32. The van der Waals surface area contributed by atoms with Gasteiger partial charge in [-0.15, -0.1) is 0 Å². The van der Waals surface area contributed by atoms with Gasteiger partial charge in [0.2, 0.25) is 0 Å². The van der Waals surface area contributed by atoms with Crippen molar-refractivity contribution in [2.45, 2.75) is 39.7 Å². The Morgan fingerprint density at radius 3 is 2.08 bits per heavy atom. The summed E-state index contributed by atoms with van der Waals surface area (Å²) < 4.78 is 0. The first-order valence-electron chi connectivity index (χ1n) is 4.68. The summed E-state index contributed by atoms with van der Waals surface area (Å²) in [6, 6.07) is -0.112. The molecule has 0 saturated heterocycles. The number of carbonyl (C=O) groups is 2. The zero-order valence-electron chi connectivity index (χ0n) is 8.89. The molecule has 0 aliphatic carbocycles. The molecule has 0 amide bonds. The molecular weight excluding hydrogens is 166 g/mol. The van der Waals surface area contributed by atoms with Gasteiger partial charge in [-0.2, -0.15) is 0 Å². The van der Waals surface area contributed by atoms with Gasteiger partial charge in [0.1, 0.15) is 11.6 Å². The van der Waals surface area contributed by atoms with Crippen molar-refractivity contribution in [2.75, 3.05) is 7.05 Å². The first-order chi connectivity index (χ1) is 5.99. The lowest BCUT2D eigenvalue weighted by Gasteiger charge is -2.18. The zero-order valence-corrected chi connectivity index (χ0v) is 8.89. The number of nitrogens with one attached hydrogen (secondary N) is 1. The predicted octanol–water partition coefficient (Wildman–Crippen LogP) is 1.17. The maximum atomic E-state index is 11.5. The van der Waals surface area contributed by atoms with Crippen LogP contribution in [0.25, 0.3) is 0 Å². The van der Waals surface area contributed by atoms with Gasteiger partial charge in [-0.25, -0.2) is 0 Å². The molecule has 0 aromatic carbocycles. The number of rotatable bonds is 6. The number of Topliss-reactive ketones (excluding diaryl/α,β-unsaturated/α-hetero) is 2. The number of hydrogen-bond donors (Lipinski definition) is 1. The molecule has 0 aromatic heterocycles. The molecule has 1 N–H and O–H groups in total. The van der Waals surface area contributed by atoms with Gasteiger partial charge in [0.05, 0.1) is 6.04 Å². The smallest absolute Gasteiger partial charge is 0.150 e. The van der Waals surface area contributed by atoms with Crippen molar-refractivity contribution in [3.63, 3.8) is 0 Å². The molecule has 13 heavy (non-hydrogen) atoms. The largest absolute Gasteiger partial charge is 0.310 e. The summed E-state index contributed by atoms with van der Waals surface area (Å²) in [7, 11) is 1.77. The van der Waals surface area contributed by atoms with Crippen LogP contribution in [0.1, 0.15) is 33.6 Å². The van der Waals surface area contributed by atoms with Crippen molar-refractivity contribution in [3.8, 4) is 0 Å². The number of likely N-dealkylation sites (N-methyl/N-ethyl adjacent to an activating group) is 1. The molecule has 0 radical (unpaired) electrons. The molecule has 0 rings (SSSR count). The second-order valence-electron chi connectivity index (χ2n) is 3.68. The van der Waals surface area contributed by atoms with Gasteiger partial charge < -0.3 is 10.1 Å². The lowest BCUT2D eigenvalue weighted by molar-refractivity contribution is -0.125. The van der Waals surface area contributed by atoms with Gasteiger partial charge in [0.25, 0.3) is 0 Å². The quantitative estimate of drug-likeness (QED) is 0.675. The molecule has 1 atom stereocenters. The Hall–Kier alpha value is -0.700. The maximum Gasteiger partial charge on any atom is 0.150 e. The number of ketones is 2. The minimum Gasteiger partial charge on any atom is -0.310 e. The highest BCUT2D eigenvalue weighted by molar-refractivity contribution is 5.88. The zero-order chi connectivity index (χ0) is 10.4. The summed E-state index contributed by atoms with van der Waals surface area (Å²) in [6.07, 6.45) is 0.725. The molecule has 0 bridgehead atoms. The topological polar surface area (TPSA) is 46.2 Å². The molecular formula is C10H19NO2. The minimum atomic E-state index is -0.112. The Morgan fingerprint density at radius 1 is 1.23 bits per heavy atom. The Kier molecular flexibility index (Phi) is 5.55. The third kappa shape index (κ3) is 4.78. The van der Waals surface area contributed by atoms with E-state index in [1.165, 1.54) is 6.92 Å². The van der Waals surface area contributed by atoms with Crippen molar-refractivity contribution >= 4 is 11.6 Å². The van der Waals surface area contributed by atoms with Crippen LogP contribution in [0.4, 0.5) is 0 Å². The van der Waals surface area contributed by atoms with Crippen LogP contribution >= 0.6 is 0 Å². The van der Waals surface area contributed by atoms with E-state index < -0.39 is 0 Å². The van der Waals surface area contributed by atoms with E-state index in [0.717, 1.165) is 0 Å². The normalized spacial score (nSPS) is 13.0. The van der Waals surface area contributed by atoms with Crippen molar-refractivity contribution in [3.05, 3.63) is 0 Å². The summed E-state index contributed by atoms with van der Waals surface area (Å²) >= 11 is 0. The highest BCUT2D eigenvalue weighted by Gasteiger charge is 2.19. The molecule has 76 valence electrons. The third-order valence-electron chi connectivity index (χ3n) is 2.05. The molecule has 3 heteroatoms. The highest BCUT2D eigenvalue weighted by atomic mass is 16.1. The number of carbonyl (C=O) groups excluding carboxylic acids is 2. The van der Waals surface area contributed by atoms with Crippen LogP contribution in [-0.4, -0.2) is 24.7 Å². The van der Waals surface area contributed by atoms with Crippen LogP contribution in [0, 0.1) is 5.92 Å². The molecule has 0 heterocycles. The van der Waals surface area contributed by atoms with Crippen LogP contribution in [0.3, 0.4) is 0 Å². The lowest BCUT2D eigenvalue weighted by Crippen LogP contribution is -2.38. The fourth-order valence-electron chi connectivity index (χ4n) is 1.32. The minimum absolute atomic E-state index is 0.0759. The molecule has 0 saturated carbocycles. The first-order valence-corrected chi connectivity index (χ1v) is 4.68. The van der Waals surface area contributed by atoms with E-state index in [-0.39, 0.29) is 23.5 Å². The summed E-state index contributed by atoms with van der Waals surface area (Å²) in [5.41, 5.74) is 0. The van der Waals surface area contributed by atoms with E-state index in [0.29, 0.717) is 12.8 Å². The van der Waals surface area contributed by atoms with Crippen molar-refractivity contribution in [1.82, 2.24) is 5.32 Å². The van der Waals surface area contributed by atoms with Crippen LogP contribution in [0.5, 0.6) is 0 Å². The number of hydrogen-bond acceptors (Lipinski definition) is 3. The van der Waals surface area contributed by atoms with Crippen molar-refractivity contribution < 1.29 is 9.59 Å². The van der Waals surface area contributed by atoms with E-state index in [1.807, 2.05) is 13.8 Å². The van der Waals surface area contributed by atoms with Crippen molar-refractivity contribution in [2.24, 2.45) is 5.92 Å². The lowest BCUT2D eigenvalue weighted by atomic mass is 9.97. The van der Waals surface area contributed by atoms with Gasteiger partial charge in [0, 0.05) is 12.8 Å². The Balaban J connectivity index is 3.99. The van der Waals surface area contributed by atoms with Crippen LogP contribution in [0.2, 0.25) is 0 Å². The Labute approximate surface area is 79.9 Å². The van der Waals surface area contributed by atoms with Crippen molar-refractivity contribution in [1.29, 1.82) is 0 Å². The molecule has 0 fully saturated rings.